The number of aryl methyl sites for hydroxylation is 2. The number of hydrogen-bond acceptors (Lipinski definition) is 3. The first-order valence-corrected chi connectivity index (χ1v) is 8.77. The van der Waals surface area contributed by atoms with E-state index in [-0.39, 0.29) is 5.82 Å². The Balaban J connectivity index is 1.79. The maximum Gasteiger partial charge on any atom is 0.140 e. The van der Waals surface area contributed by atoms with Gasteiger partial charge in [0.2, 0.25) is 0 Å². The Kier molecular flexibility index (Phi) is 4.21. The van der Waals surface area contributed by atoms with Gasteiger partial charge in [0.15, 0.2) is 0 Å². The Morgan fingerprint density at radius 2 is 2.04 bits per heavy atom. The van der Waals surface area contributed by atoms with Gasteiger partial charge in [0.05, 0.1) is 29.2 Å². The summed E-state index contributed by atoms with van der Waals surface area (Å²) < 4.78 is 17.8. The van der Waals surface area contributed by atoms with Crippen molar-refractivity contribution in [2.24, 2.45) is 0 Å². The second-order valence-corrected chi connectivity index (χ2v) is 6.43. The first-order chi connectivity index (χ1) is 13.1. The highest BCUT2D eigenvalue weighted by Gasteiger charge is 2.15. The number of nitriles is 1. The van der Waals surface area contributed by atoms with Crippen molar-refractivity contribution in [2.75, 3.05) is 0 Å². The van der Waals surface area contributed by atoms with Crippen LogP contribution in [0, 0.1) is 24.1 Å². The standard InChI is InChI=1S/C21H18FN5/c1-3-27-19-7-5-15(12-23)10-18(19)25-20(27)13-26-9-8-24-21(26)17-11-16(22)6-4-14(17)2/h4-11H,3,13H2,1-2H3. The van der Waals surface area contributed by atoms with Crippen LogP contribution in [0.4, 0.5) is 4.39 Å². The minimum atomic E-state index is -0.282. The van der Waals surface area contributed by atoms with Crippen LogP contribution in [0.5, 0.6) is 0 Å². The molecule has 134 valence electrons. The molecule has 0 fully saturated rings. The zero-order valence-corrected chi connectivity index (χ0v) is 15.1. The lowest BCUT2D eigenvalue weighted by Crippen LogP contribution is -2.09. The predicted octanol–water partition coefficient (Wildman–Crippen LogP) is 4.29. The third-order valence-electron chi connectivity index (χ3n) is 4.74. The molecule has 0 radical (unpaired) electrons. The maximum absolute atomic E-state index is 13.7. The van der Waals surface area contributed by atoms with Crippen LogP contribution in [0.1, 0.15) is 23.9 Å². The number of fused-ring (bicyclic) bond motifs is 1. The molecule has 0 amide bonds. The molecule has 0 atom stereocenters. The number of hydrogen-bond donors (Lipinski definition) is 0. The third kappa shape index (κ3) is 2.97. The van der Waals surface area contributed by atoms with E-state index in [0.717, 1.165) is 34.5 Å². The van der Waals surface area contributed by atoms with E-state index < -0.39 is 0 Å². The summed E-state index contributed by atoms with van der Waals surface area (Å²) in [5.74, 6) is 1.30. The van der Waals surface area contributed by atoms with Gasteiger partial charge >= 0.3 is 0 Å². The lowest BCUT2D eigenvalue weighted by atomic mass is 10.1. The fourth-order valence-corrected chi connectivity index (χ4v) is 3.39. The van der Waals surface area contributed by atoms with E-state index in [0.29, 0.717) is 17.9 Å². The van der Waals surface area contributed by atoms with E-state index in [1.165, 1.54) is 12.1 Å². The zero-order chi connectivity index (χ0) is 19.0. The Labute approximate surface area is 156 Å². The van der Waals surface area contributed by atoms with Gasteiger partial charge in [-0.3, -0.25) is 0 Å². The van der Waals surface area contributed by atoms with Crippen LogP contribution in [0.3, 0.4) is 0 Å². The topological polar surface area (TPSA) is 59.4 Å². The smallest absolute Gasteiger partial charge is 0.140 e. The van der Waals surface area contributed by atoms with Gasteiger partial charge in [-0.25, -0.2) is 14.4 Å². The predicted molar refractivity (Wildman–Crippen MR) is 102 cm³/mol. The van der Waals surface area contributed by atoms with E-state index in [1.807, 2.05) is 23.8 Å². The van der Waals surface area contributed by atoms with Crippen LogP contribution in [-0.4, -0.2) is 19.1 Å². The van der Waals surface area contributed by atoms with Gasteiger partial charge < -0.3 is 9.13 Å². The van der Waals surface area contributed by atoms with Gasteiger partial charge in [-0.2, -0.15) is 5.26 Å². The Morgan fingerprint density at radius 3 is 2.81 bits per heavy atom. The fourth-order valence-electron chi connectivity index (χ4n) is 3.39. The first-order valence-electron chi connectivity index (χ1n) is 8.77. The average Bonchev–Trinajstić information content (AvgIpc) is 3.27. The molecule has 0 spiro atoms. The summed E-state index contributed by atoms with van der Waals surface area (Å²) >= 11 is 0. The molecule has 0 N–H and O–H groups in total. The van der Waals surface area contributed by atoms with Crippen molar-refractivity contribution in [1.29, 1.82) is 5.26 Å². The molecule has 6 heteroatoms. The molecule has 2 heterocycles. The fraction of sp³-hybridized carbons (Fsp3) is 0.190. The highest BCUT2D eigenvalue weighted by atomic mass is 19.1. The van der Waals surface area contributed by atoms with Crippen molar-refractivity contribution < 1.29 is 4.39 Å². The Bertz CT molecular complexity index is 1180. The molecule has 4 aromatic rings. The number of aromatic nitrogens is 4. The third-order valence-corrected chi connectivity index (χ3v) is 4.74. The van der Waals surface area contributed by atoms with E-state index in [4.69, 9.17) is 10.2 Å². The Hall–Kier alpha value is -3.46. The Morgan fingerprint density at radius 1 is 1.19 bits per heavy atom. The second-order valence-electron chi connectivity index (χ2n) is 6.43. The van der Waals surface area contributed by atoms with Gasteiger partial charge in [-0.05, 0) is 49.7 Å². The number of nitrogens with zero attached hydrogens (tertiary/aromatic N) is 5. The highest BCUT2D eigenvalue weighted by Crippen LogP contribution is 2.25. The lowest BCUT2D eigenvalue weighted by Gasteiger charge is -2.11. The van der Waals surface area contributed by atoms with Crippen LogP contribution >= 0.6 is 0 Å². The van der Waals surface area contributed by atoms with Crippen LogP contribution in [0.15, 0.2) is 48.8 Å². The molecule has 4 rings (SSSR count). The van der Waals surface area contributed by atoms with Crippen molar-refractivity contribution >= 4 is 11.0 Å². The normalized spacial score (nSPS) is 11.0. The lowest BCUT2D eigenvalue weighted by molar-refractivity contribution is 0.627. The summed E-state index contributed by atoms with van der Waals surface area (Å²) in [5, 5.41) is 9.12. The highest BCUT2D eigenvalue weighted by molar-refractivity contribution is 5.77. The largest absolute Gasteiger partial charge is 0.327 e. The molecule has 0 bridgehead atoms. The molecule has 0 saturated heterocycles. The molecule has 0 aliphatic rings. The summed E-state index contributed by atoms with van der Waals surface area (Å²) in [4.78, 5) is 9.17. The SMILES string of the molecule is CCn1c(Cn2ccnc2-c2cc(F)ccc2C)nc2cc(C#N)ccc21. The molecular formula is C21H18FN5. The molecular weight excluding hydrogens is 341 g/mol. The van der Waals surface area contributed by atoms with Gasteiger partial charge in [-0.1, -0.05) is 6.07 Å². The minimum absolute atomic E-state index is 0.282. The minimum Gasteiger partial charge on any atom is -0.327 e. The van der Waals surface area contributed by atoms with Crippen LogP contribution < -0.4 is 0 Å². The number of rotatable bonds is 4. The molecule has 2 aromatic carbocycles. The average molecular weight is 359 g/mol. The quantitative estimate of drug-likeness (QED) is 0.546. The van der Waals surface area contributed by atoms with Crippen molar-refractivity contribution in [3.8, 4) is 17.5 Å². The van der Waals surface area contributed by atoms with E-state index in [2.05, 4.69) is 22.5 Å². The van der Waals surface area contributed by atoms with Crippen molar-refractivity contribution in [1.82, 2.24) is 19.1 Å². The molecule has 0 saturated carbocycles. The number of imidazole rings is 2. The van der Waals surface area contributed by atoms with Gasteiger partial charge in [-0.15, -0.1) is 0 Å². The van der Waals surface area contributed by atoms with Crippen molar-refractivity contribution in [3.05, 3.63) is 71.6 Å². The van der Waals surface area contributed by atoms with E-state index in [1.54, 1.807) is 24.4 Å². The zero-order valence-electron chi connectivity index (χ0n) is 15.1. The van der Waals surface area contributed by atoms with Gasteiger partial charge in [0.1, 0.15) is 17.5 Å². The van der Waals surface area contributed by atoms with Crippen molar-refractivity contribution in [3.63, 3.8) is 0 Å². The summed E-state index contributed by atoms with van der Waals surface area (Å²) in [6.45, 7) is 5.28. The maximum atomic E-state index is 13.7. The van der Waals surface area contributed by atoms with Crippen LogP contribution in [-0.2, 0) is 13.1 Å². The van der Waals surface area contributed by atoms with E-state index >= 15 is 0 Å². The van der Waals surface area contributed by atoms with Crippen molar-refractivity contribution in [2.45, 2.75) is 26.9 Å². The number of benzene rings is 2. The van der Waals surface area contributed by atoms with Crippen LogP contribution in [0.25, 0.3) is 22.4 Å². The summed E-state index contributed by atoms with van der Waals surface area (Å²) in [5.41, 5.74) is 4.12. The summed E-state index contributed by atoms with van der Waals surface area (Å²) in [6, 6.07) is 12.4. The second kappa shape index (κ2) is 6.69. The monoisotopic (exact) mass is 359 g/mol. The molecule has 5 nitrogen and oxygen atoms in total. The number of halogens is 1. The first kappa shape index (κ1) is 17.0. The van der Waals surface area contributed by atoms with Gasteiger partial charge in [0.25, 0.3) is 0 Å². The molecule has 0 aliphatic heterocycles. The molecule has 0 aliphatic carbocycles. The molecule has 2 aromatic heterocycles. The molecule has 0 unspecified atom stereocenters. The summed E-state index contributed by atoms with van der Waals surface area (Å²) in [6.07, 6.45) is 3.59. The van der Waals surface area contributed by atoms with E-state index in [9.17, 15) is 4.39 Å². The van der Waals surface area contributed by atoms with Crippen LogP contribution in [0.2, 0.25) is 0 Å². The van der Waals surface area contributed by atoms with Gasteiger partial charge in [0, 0.05) is 24.5 Å². The summed E-state index contributed by atoms with van der Waals surface area (Å²) in [7, 11) is 0. The molecule has 27 heavy (non-hydrogen) atoms.